The number of ether oxygens (including phenoxy) is 2. The number of piperazine rings is 1. The van der Waals surface area contributed by atoms with Gasteiger partial charge in [-0.1, -0.05) is 13.5 Å². The summed E-state index contributed by atoms with van der Waals surface area (Å²) < 4.78 is 10.9. The van der Waals surface area contributed by atoms with Crippen LogP contribution in [0.5, 0.6) is 5.75 Å². The Hall–Kier alpha value is -3.50. The number of nitrogen functional groups attached to an aromatic ring is 1. The molecule has 1 aromatic heterocycles. The van der Waals surface area contributed by atoms with Crippen molar-refractivity contribution in [3.05, 3.63) is 53.7 Å². The fraction of sp³-hybridized carbons (Fsp3) is 0.360. The minimum atomic E-state index is -0.541. The van der Waals surface area contributed by atoms with E-state index in [-0.39, 0.29) is 5.76 Å². The molecular formula is C25H30N4O3. The molecule has 0 radical (unpaired) electrons. The number of carbonyl (C=O) groups is 1. The largest absolute Gasteiger partial charge is 0.497 e. The highest BCUT2D eigenvalue weighted by Gasteiger charge is 2.24. The molecule has 2 N–H and O–H groups in total. The van der Waals surface area contributed by atoms with E-state index in [0.717, 1.165) is 50.5 Å². The van der Waals surface area contributed by atoms with Gasteiger partial charge in [-0.05, 0) is 30.2 Å². The molecule has 168 valence electrons. The van der Waals surface area contributed by atoms with Gasteiger partial charge in [-0.2, -0.15) is 0 Å². The topological polar surface area (TPSA) is 80.9 Å². The smallest absolute Gasteiger partial charge is 0.345 e. The molecule has 32 heavy (non-hydrogen) atoms. The lowest BCUT2D eigenvalue weighted by Crippen LogP contribution is -2.47. The van der Waals surface area contributed by atoms with E-state index in [1.807, 2.05) is 13.0 Å². The number of nitrogens with zero attached hydrogens (tertiary/aromatic N) is 3. The van der Waals surface area contributed by atoms with E-state index in [2.05, 4.69) is 27.3 Å². The summed E-state index contributed by atoms with van der Waals surface area (Å²) in [4.78, 5) is 22.1. The molecule has 2 heterocycles. The van der Waals surface area contributed by atoms with Crippen LogP contribution in [-0.4, -0.2) is 55.7 Å². The highest BCUT2D eigenvalue weighted by molar-refractivity contribution is 6.00. The van der Waals surface area contributed by atoms with E-state index in [9.17, 15) is 4.79 Å². The van der Waals surface area contributed by atoms with Gasteiger partial charge >= 0.3 is 5.97 Å². The molecular weight excluding hydrogens is 404 g/mol. The molecule has 1 fully saturated rings. The van der Waals surface area contributed by atoms with Gasteiger partial charge in [0.15, 0.2) is 0 Å². The molecule has 0 bridgehead atoms. The maximum atomic E-state index is 13.0. The number of aryl methyl sites for hydroxylation is 1. The first-order valence-electron chi connectivity index (χ1n) is 10.7. The zero-order valence-electron chi connectivity index (χ0n) is 18.8. The van der Waals surface area contributed by atoms with Crippen molar-refractivity contribution in [1.82, 2.24) is 9.88 Å². The molecule has 0 saturated carbocycles. The Morgan fingerprint density at radius 2 is 2.06 bits per heavy atom. The van der Waals surface area contributed by atoms with E-state index in [4.69, 9.17) is 21.6 Å². The monoisotopic (exact) mass is 434 g/mol. The molecule has 7 nitrogen and oxygen atoms in total. The first-order chi connectivity index (χ1) is 15.5. The van der Waals surface area contributed by atoms with Gasteiger partial charge in [-0.3, -0.25) is 4.90 Å². The average Bonchev–Trinajstić information content (AvgIpc) is 2.82. The Morgan fingerprint density at radius 1 is 1.31 bits per heavy atom. The van der Waals surface area contributed by atoms with Gasteiger partial charge in [0.1, 0.15) is 17.3 Å². The van der Waals surface area contributed by atoms with Crippen LogP contribution in [-0.2, 0) is 11.2 Å². The van der Waals surface area contributed by atoms with Crippen LogP contribution >= 0.6 is 0 Å². The normalized spacial score (nSPS) is 14.0. The Balaban J connectivity index is 1.76. The van der Waals surface area contributed by atoms with Crippen molar-refractivity contribution >= 4 is 23.2 Å². The number of pyridine rings is 1. The van der Waals surface area contributed by atoms with Gasteiger partial charge < -0.3 is 20.1 Å². The summed E-state index contributed by atoms with van der Waals surface area (Å²) in [6, 6.07) is 7.08. The van der Waals surface area contributed by atoms with Crippen molar-refractivity contribution in [3.63, 3.8) is 0 Å². The number of benzene rings is 1. The van der Waals surface area contributed by atoms with Crippen LogP contribution in [0.1, 0.15) is 34.8 Å². The number of aromatic nitrogens is 1. The van der Waals surface area contributed by atoms with Crippen molar-refractivity contribution in [2.45, 2.75) is 19.8 Å². The van der Waals surface area contributed by atoms with E-state index >= 15 is 0 Å². The predicted molar refractivity (Wildman–Crippen MR) is 128 cm³/mol. The molecule has 1 aliphatic heterocycles. The van der Waals surface area contributed by atoms with E-state index in [1.54, 1.807) is 31.5 Å². The van der Waals surface area contributed by atoms with Crippen molar-refractivity contribution in [1.29, 1.82) is 0 Å². The third kappa shape index (κ3) is 5.21. The molecule has 0 aliphatic carbocycles. The zero-order chi connectivity index (χ0) is 23.1. The lowest BCUT2D eigenvalue weighted by molar-refractivity contribution is 0.0693. The molecule has 7 heteroatoms. The molecule has 1 aliphatic rings. The van der Waals surface area contributed by atoms with Crippen LogP contribution in [0.3, 0.4) is 0 Å². The SMILES string of the molecule is C#CCCN1CCN(c2ncccc2C(=C)OC(=O)c2c(N)cc(OC)cc2CC)CC1. The molecule has 0 spiro atoms. The second-order valence-electron chi connectivity index (χ2n) is 7.57. The fourth-order valence-electron chi connectivity index (χ4n) is 3.83. The Labute approximate surface area is 189 Å². The standard InChI is InChI=1S/C25H30N4O3/c1-5-7-11-28-12-14-29(15-13-28)24-21(9-8-10-27-24)18(3)32-25(30)23-19(6-2)16-20(31-4)17-22(23)26/h1,8-10,16-17H,3,6-7,11-15,26H2,2,4H3. The van der Waals surface area contributed by atoms with Gasteiger partial charge in [0.05, 0.1) is 23.9 Å². The minimum absolute atomic E-state index is 0.241. The maximum Gasteiger partial charge on any atom is 0.345 e. The van der Waals surface area contributed by atoms with E-state index < -0.39 is 5.97 Å². The number of hydrogen-bond donors (Lipinski definition) is 1. The average molecular weight is 435 g/mol. The third-order valence-corrected chi connectivity index (χ3v) is 5.59. The number of esters is 1. The summed E-state index contributed by atoms with van der Waals surface area (Å²) >= 11 is 0. The second kappa shape index (κ2) is 10.7. The summed E-state index contributed by atoms with van der Waals surface area (Å²) in [7, 11) is 1.56. The van der Waals surface area contributed by atoms with E-state index in [1.165, 1.54) is 0 Å². The highest BCUT2D eigenvalue weighted by atomic mass is 16.5. The third-order valence-electron chi connectivity index (χ3n) is 5.59. The van der Waals surface area contributed by atoms with Crippen molar-refractivity contribution in [3.8, 4) is 18.1 Å². The summed E-state index contributed by atoms with van der Waals surface area (Å²) in [6.07, 6.45) is 8.47. The number of nitrogens with two attached hydrogens (primary N) is 1. The van der Waals surface area contributed by atoms with Crippen LogP contribution < -0.4 is 15.4 Å². The maximum absolute atomic E-state index is 13.0. The second-order valence-corrected chi connectivity index (χ2v) is 7.57. The Morgan fingerprint density at radius 3 is 2.72 bits per heavy atom. The Kier molecular flexibility index (Phi) is 7.74. The van der Waals surface area contributed by atoms with Crippen molar-refractivity contribution in [2.75, 3.05) is 50.5 Å². The summed E-state index contributed by atoms with van der Waals surface area (Å²) in [6.45, 7) is 10.3. The summed E-state index contributed by atoms with van der Waals surface area (Å²) in [5.41, 5.74) is 8.23. The van der Waals surface area contributed by atoms with Gasteiger partial charge in [-0.15, -0.1) is 12.3 Å². The first kappa shape index (κ1) is 23.2. The molecule has 0 unspecified atom stereocenters. The van der Waals surface area contributed by atoms with Crippen molar-refractivity contribution in [2.24, 2.45) is 0 Å². The number of rotatable bonds is 8. The number of anilines is 2. The van der Waals surface area contributed by atoms with Crippen molar-refractivity contribution < 1.29 is 14.3 Å². The number of terminal acetylenes is 1. The molecule has 1 aromatic carbocycles. The van der Waals surface area contributed by atoms with Gasteiger partial charge in [0, 0.05) is 51.4 Å². The molecule has 2 aromatic rings. The summed E-state index contributed by atoms with van der Waals surface area (Å²) in [5, 5.41) is 0. The number of carbonyl (C=O) groups excluding carboxylic acids is 1. The Bertz CT molecular complexity index is 1020. The van der Waals surface area contributed by atoms with Gasteiger partial charge in [-0.25, -0.2) is 9.78 Å². The number of methoxy groups -OCH3 is 1. The van der Waals surface area contributed by atoms with Gasteiger partial charge in [0.25, 0.3) is 0 Å². The first-order valence-corrected chi connectivity index (χ1v) is 10.7. The van der Waals surface area contributed by atoms with E-state index in [0.29, 0.717) is 29.0 Å². The molecule has 1 saturated heterocycles. The minimum Gasteiger partial charge on any atom is -0.497 e. The zero-order valence-corrected chi connectivity index (χ0v) is 18.8. The lowest BCUT2D eigenvalue weighted by atomic mass is 10.0. The van der Waals surface area contributed by atoms with Crippen LogP contribution in [0.15, 0.2) is 37.0 Å². The molecule has 3 rings (SSSR count). The van der Waals surface area contributed by atoms with Crippen LogP contribution in [0.2, 0.25) is 0 Å². The highest BCUT2D eigenvalue weighted by Crippen LogP contribution is 2.30. The lowest BCUT2D eigenvalue weighted by Gasteiger charge is -2.36. The van der Waals surface area contributed by atoms with Crippen LogP contribution in [0, 0.1) is 12.3 Å². The van der Waals surface area contributed by atoms with Crippen LogP contribution in [0.25, 0.3) is 5.76 Å². The number of hydrogen-bond acceptors (Lipinski definition) is 7. The van der Waals surface area contributed by atoms with Gasteiger partial charge in [0.2, 0.25) is 0 Å². The predicted octanol–water partition coefficient (Wildman–Crippen LogP) is 3.21. The molecule has 0 atom stereocenters. The molecule has 0 amide bonds. The quantitative estimate of drug-likeness (QED) is 0.296. The van der Waals surface area contributed by atoms with Crippen LogP contribution in [0.4, 0.5) is 11.5 Å². The fourth-order valence-corrected chi connectivity index (χ4v) is 3.83. The summed E-state index contributed by atoms with van der Waals surface area (Å²) in [5.74, 6) is 3.74.